The number of benzene rings is 1. The Morgan fingerprint density at radius 2 is 1.97 bits per heavy atom. The average Bonchev–Trinajstić information content (AvgIpc) is 2.94. The summed E-state index contributed by atoms with van der Waals surface area (Å²) in [4.78, 5) is 45.4. The number of aromatic nitrogens is 2. The number of carbonyl (C=O) groups excluding carboxylic acids is 1. The molecule has 1 aliphatic heterocycles. The van der Waals surface area contributed by atoms with Gasteiger partial charge in [-0.05, 0) is 18.2 Å². The van der Waals surface area contributed by atoms with Crippen molar-refractivity contribution < 1.29 is 43.0 Å². The highest BCUT2D eigenvalue weighted by Crippen LogP contribution is 2.38. The molecule has 0 spiro atoms. The van der Waals surface area contributed by atoms with Gasteiger partial charge in [-0.15, -0.1) is 0 Å². The minimum absolute atomic E-state index is 0.195. The Balaban J connectivity index is 1.74. The SMILES string of the molecule is O=C(Nc1ccn(C2OC(COP(=O)(O)O)C(O)C2O)c(=O)n1)c1ccccc1F. The van der Waals surface area contributed by atoms with Gasteiger partial charge >= 0.3 is 13.5 Å². The Kier molecular flexibility index (Phi) is 6.43. The Labute approximate surface area is 167 Å². The molecule has 14 heteroatoms. The van der Waals surface area contributed by atoms with Crippen molar-refractivity contribution in [1.82, 2.24) is 9.55 Å². The quantitative estimate of drug-likeness (QED) is 0.359. The smallest absolute Gasteiger partial charge is 0.387 e. The lowest BCUT2D eigenvalue weighted by atomic mass is 10.1. The molecule has 2 heterocycles. The van der Waals surface area contributed by atoms with E-state index in [0.717, 1.165) is 16.8 Å². The third-order valence-electron chi connectivity index (χ3n) is 4.21. The number of halogens is 1. The van der Waals surface area contributed by atoms with Crippen LogP contribution in [0.25, 0.3) is 0 Å². The molecule has 1 aliphatic rings. The van der Waals surface area contributed by atoms with Crippen molar-refractivity contribution in [2.24, 2.45) is 0 Å². The zero-order valence-corrected chi connectivity index (χ0v) is 15.9. The summed E-state index contributed by atoms with van der Waals surface area (Å²) in [6.07, 6.45) is -4.88. The van der Waals surface area contributed by atoms with E-state index in [1.807, 2.05) is 0 Å². The largest absolute Gasteiger partial charge is 0.469 e. The molecule has 30 heavy (non-hydrogen) atoms. The summed E-state index contributed by atoms with van der Waals surface area (Å²) in [6.45, 7) is -0.738. The Morgan fingerprint density at radius 1 is 1.27 bits per heavy atom. The van der Waals surface area contributed by atoms with Crippen LogP contribution >= 0.6 is 7.82 Å². The number of aliphatic hydroxyl groups excluding tert-OH is 2. The minimum atomic E-state index is -4.84. The van der Waals surface area contributed by atoms with E-state index in [0.29, 0.717) is 0 Å². The summed E-state index contributed by atoms with van der Waals surface area (Å²) in [5, 5.41) is 22.3. The first kappa shape index (κ1) is 22.2. The molecule has 1 fully saturated rings. The fraction of sp³-hybridized carbons (Fsp3) is 0.312. The number of nitrogens with zero attached hydrogens (tertiary/aromatic N) is 2. The summed E-state index contributed by atoms with van der Waals surface area (Å²) in [7, 11) is -4.84. The molecule has 0 radical (unpaired) electrons. The number of phosphoric acid groups is 1. The molecule has 5 N–H and O–H groups in total. The van der Waals surface area contributed by atoms with E-state index in [1.165, 1.54) is 24.3 Å². The summed E-state index contributed by atoms with van der Waals surface area (Å²) in [5.41, 5.74) is -1.23. The Hall–Kier alpha value is -2.51. The molecule has 0 aliphatic carbocycles. The van der Waals surface area contributed by atoms with Gasteiger partial charge in [0, 0.05) is 6.20 Å². The molecule has 1 saturated heterocycles. The van der Waals surface area contributed by atoms with Crippen LogP contribution in [-0.4, -0.2) is 60.4 Å². The lowest BCUT2D eigenvalue weighted by Gasteiger charge is -2.17. The van der Waals surface area contributed by atoms with Crippen LogP contribution in [-0.2, 0) is 13.8 Å². The molecule has 1 aromatic heterocycles. The number of carbonyl (C=O) groups is 1. The van der Waals surface area contributed by atoms with E-state index in [4.69, 9.17) is 14.5 Å². The average molecular weight is 445 g/mol. The lowest BCUT2D eigenvalue weighted by Crippen LogP contribution is -2.36. The fourth-order valence-corrected chi connectivity index (χ4v) is 3.11. The second-order valence-corrected chi connectivity index (χ2v) is 7.51. The van der Waals surface area contributed by atoms with Crippen molar-refractivity contribution in [2.75, 3.05) is 11.9 Å². The van der Waals surface area contributed by atoms with Gasteiger partial charge in [-0.2, -0.15) is 4.98 Å². The summed E-state index contributed by atoms with van der Waals surface area (Å²) in [6, 6.07) is 6.39. The number of aliphatic hydroxyl groups is 2. The number of phosphoric ester groups is 1. The topological polar surface area (TPSA) is 180 Å². The zero-order valence-electron chi connectivity index (χ0n) is 15.0. The van der Waals surface area contributed by atoms with Crippen molar-refractivity contribution in [3.63, 3.8) is 0 Å². The Morgan fingerprint density at radius 3 is 2.60 bits per heavy atom. The number of hydrogen-bond acceptors (Lipinski definition) is 8. The highest BCUT2D eigenvalue weighted by atomic mass is 31.2. The minimum Gasteiger partial charge on any atom is -0.387 e. The number of hydrogen-bond donors (Lipinski definition) is 5. The third-order valence-corrected chi connectivity index (χ3v) is 4.69. The van der Waals surface area contributed by atoms with Crippen LogP contribution in [0.2, 0.25) is 0 Å². The standard InChI is InChI=1S/C16H17FN3O9P/c17-9-4-2-1-3-8(9)14(23)18-11-5-6-20(16(24)19-11)15-13(22)12(21)10(29-15)7-28-30(25,26)27/h1-6,10,12-13,15,21-22H,7H2,(H2,25,26,27)(H,18,19,23,24). The van der Waals surface area contributed by atoms with Crippen LogP contribution in [0.1, 0.15) is 16.6 Å². The van der Waals surface area contributed by atoms with Gasteiger partial charge in [-0.25, -0.2) is 13.8 Å². The molecule has 1 amide bonds. The first-order valence-corrected chi connectivity index (χ1v) is 9.96. The van der Waals surface area contributed by atoms with Gasteiger partial charge in [-0.3, -0.25) is 13.9 Å². The van der Waals surface area contributed by atoms with Gasteiger partial charge < -0.3 is 30.1 Å². The predicted molar refractivity (Wildman–Crippen MR) is 96.8 cm³/mol. The van der Waals surface area contributed by atoms with Crippen molar-refractivity contribution >= 4 is 19.5 Å². The van der Waals surface area contributed by atoms with Crippen LogP contribution in [0.3, 0.4) is 0 Å². The van der Waals surface area contributed by atoms with Crippen LogP contribution in [0.4, 0.5) is 10.2 Å². The third kappa shape index (κ3) is 4.96. The number of rotatable bonds is 6. The van der Waals surface area contributed by atoms with Crippen molar-refractivity contribution in [1.29, 1.82) is 0 Å². The van der Waals surface area contributed by atoms with Crippen LogP contribution in [0.15, 0.2) is 41.3 Å². The van der Waals surface area contributed by atoms with Crippen LogP contribution in [0, 0.1) is 5.82 Å². The van der Waals surface area contributed by atoms with Crippen molar-refractivity contribution in [2.45, 2.75) is 24.5 Å². The highest BCUT2D eigenvalue weighted by Gasteiger charge is 2.45. The lowest BCUT2D eigenvalue weighted by molar-refractivity contribution is -0.0542. The Bertz CT molecular complexity index is 1040. The molecule has 162 valence electrons. The summed E-state index contributed by atoms with van der Waals surface area (Å²) in [5.74, 6) is -1.79. The van der Waals surface area contributed by atoms with E-state index in [2.05, 4.69) is 14.8 Å². The highest BCUT2D eigenvalue weighted by molar-refractivity contribution is 7.46. The zero-order chi connectivity index (χ0) is 22.1. The van der Waals surface area contributed by atoms with Gasteiger partial charge in [-0.1, -0.05) is 12.1 Å². The number of ether oxygens (including phenoxy) is 1. The maximum absolute atomic E-state index is 13.7. The van der Waals surface area contributed by atoms with Crippen molar-refractivity contribution in [3.8, 4) is 0 Å². The molecule has 3 rings (SSSR count). The molecule has 2 aromatic rings. The van der Waals surface area contributed by atoms with Gasteiger partial charge in [0.25, 0.3) is 5.91 Å². The van der Waals surface area contributed by atoms with Crippen LogP contribution in [0.5, 0.6) is 0 Å². The fourth-order valence-electron chi connectivity index (χ4n) is 2.77. The second-order valence-electron chi connectivity index (χ2n) is 6.27. The van der Waals surface area contributed by atoms with Crippen molar-refractivity contribution in [3.05, 3.63) is 58.4 Å². The molecular weight excluding hydrogens is 428 g/mol. The molecule has 12 nitrogen and oxygen atoms in total. The van der Waals surface area contributed by atoms with E-state index < -0.39 is 56.4 Å². The first-order chi connectivity index (χ1) is 14.1. The number of amides is 1. The van der Waals surface area contributed by atoms with E-state index >= 15 is 0 Å². The number of nitrogens with one attached hydrogen (secondary N) is 1. The molecule has 4 unspecified atom stereocenters. The molecular formula is C16H17FN3O9P. The molecule has 0 bridgehead atoms. The van der Waals surface area contributed by atoms with Gasteiger partial charge in [0.2, 0.25) is 0 Å². The van der Waals surface area contributed by atoms with Crippen LogP contribution < -0.4 is 11.0 Å². The first-order valence-electron chi connectivity index (χ1n) is 8.43. The molecule has 4 atom stereocenters. The van der Waals surface area contributed by atoms with E-state index in [9.17, 15) is 28.8 Å². The van der Waals surface area contributed by atoms with E-state index in [1.54, 1.807) is 0 Å². The monoisotopic (exact) mass is 445 g/mol. The maximum atomic E-state index is 13.7. The van der Waals surface area contributed by atoms with Gasteiger partial charge in [0.1, 0.15) is 29.9 Å². The maximum Gasteiger partial charge on any atom is 0.469 e. The molecule has 1 aromatic carbocycles. The second kappa shape index (κ2) is 8.70. The number of anilines is 1. The summed E-state index contributed by atoms with van der Waals surface area (Å²) >= 11 is 0. The summed E-state index contributed by atoms with van der Waals surface area (Å²) < 4.78 is 34.8. The van der Waals surface area contributed by atoms with Gasteiger partial charge in [0.05, 0.1) is 12.2 Å². The normalized spacial score (nSPS) is 24.0. The molecule has 0 saturated carbocycles. The predicted octanol–water partition coefficient (Wildman–Crippen LogP) is -0.637. The van der Waals surface area contributed by atoms with Gasteiger partial charge in [0.15, 0.2) is 6.23 Å². The van der Waals surface area contributed by atoms with E-state index in [-0.39, 0.29) is 11.4 Å².